The molecule has 300 valence electrons. The van der Waals surface area contributed by atoms with Crippen molar-refractivity contribution in [2.24, 2.45) is 15.9 Å². The highest BCUT2D eigenvalue weighted by Gasteiger charge is 2.52. The second kappa shape index (κ2) is 14.1. The first-order valence-electron chi connectivity index (χ1n) is 22.0. The summed E-state index contributed by atoms with van der Waals surface area (Å²) in [7, 11) is 0. The first-order chi connectivity index (χ1) is 31.2. The Labute approximate surface area is 365 Å². The number of rotatable bonds is 5. The highest BCUT2D eigenvalue weighted by Crippen LogP contribution is 2.62. The summed E-state index contributed by atoms with van der Waals surface area (Å²) in [6, 6.07) is 58.5. The highest BCUT2D eigenvalue weighted by molar-refractivity contribution is 6.11. The van der Waals surface area contributed by atoms with Gasteiger partial charge in [0, 0.05) is 56.9 Å². The Bertz CT molecular complexity index is 3330. The lowest BCUT2D eigenvalue weighted by Crippen LogP contribution is -2.36. The summed E-state index contributed by atoms with van der Waals surface area (Å²) in [6.07, 6.45) is 14.6. The van der Waals surface area contributed by atoms with Crippen molar-refractivity contribution in [3.05, 3.63) is 245 Å². The number of benzene rings is 7. The summed E-state index contributed by atoms with van der Waals surface area (Å²) in [4.78, 5) is 10.6. The molecule has 5 heteroatoms. The number of hydrogen-bond acceptors (Lipinski definition) is 5. The largest absolute Gasteiger partial charge is 0.461 e. The van der Waals surface area contributed by atoms with Crippen LogP contribution in [-0.4, -0.2) is 11.7 Å². The van der Waals surface area contributed by atoms with Gasteiger partial charge in [-0.2, -0.15) is 0 Å². The van der Waals surface area contributed by atoms with Crippen molar-refractivity contribution in [3.63, 3.8) is 0 Å². The normalized spacial score (nSPS) is 20.1. The van der Waals surface area contributed by atoms with Crippen LogP contribution in [0.5, 0.6) is 5.75 Å². The van der Waals surface area contributed by atoms with Gasteiger partial charge in [0.15, 0.2) is 0 Å². The predicted molar refractivity (Wildman–Crippen MR) is 254 cm³/mol. The number of allylic oxidation sites excluding steroid dienone is 7. The number of nitrogens with zero attached hydrogens (tertiary/aromatic N) is 2. The maximum Gasteiger partial charge on any atom is 0.148 e. The third-order valence-corrected chi connectivity index (χ3v) is 13.7. The molecule has 1 N–H and O–H groups in total. The van der Waals surface area contributed by atoms with E-state index in [9.17, 15) is 0 Å². The van der Waals surface area contributed by atoms with E-state index in [4.69, 9.17) is 19.1 Å². The first-order valence-corrected chi connectivity index (χ1v) is 22.0. The van der Waals surface area contributed by atoms with E-state index >= 15 is 0 Å². The van der Waals surface area contributed by atoms with Gasteiger partial charge in [-0.05, 0) is 51.9 Å². The number of amidine groups is 2. The van der Waals surface area contributed by atoms with Crippen LogP contribution < -0.4 is 10.1 Å². The SMILES string of the molecule is C1=CCC(C2=NC(c3ccccc3C3C=CC4=C(C3)Oc3ccccc3C43c4ccccc4-c4ccccc43)NC(c3ccc(-c4cccc5c4oc4ccccc45)cc3)=N2)C=C1. The highest BCUT2D eigenvalue weighted by atomic mass is 16.5. The molecule has 13 rings (SSSR count). The molecule has 0 amide bonds. The van der Waals surface area contributed by atoms with Crippen LogP contribution in [0.1, 0.15) is 58.3 Å². The van der Waals surface area contributed by atoms with Crippen LogP contribution in [0.4, 0.5) is 0 Å². The third-order valence-electron chi connectivity index (χ3n) is 13.7. The van der Waals surface area contributed by atoms with Gasteiger partial charge >= 0.3 is 0 Å². The van der Waals surface area contributed by atoms with Crippen molar-refractivity contribution in [3.8, 4) is 28.0 Å². The Morgan fingerprint density at radius 3 is 2.06 bits per heavy atom. The second-order valence-corrected chi connectivity index (χ2v) is 17.1. The molecule has 3 aliphatic carbocycles. The van der Waals surface area contributed by atoms with Gasteiger partial charge in [-0.1, -0.05) is 188 Å². The number of hydrogen-bond donors (Lipinski definition) is 1. The molecule has 8 aromatic rings. The zero-order chi connectivity index (χ0) is 41.5. The third kappa shape index (κ3) is 5.49. The second-order valence-electron chi connectivity index (χ2n) is 17.1. The average Bonchev–Trinajstić information content (AvgIpc) is 3.88. The predicted octanol–water partition coefficient (Wildman–Crippen LogP) is 13.5. The Hall–Kier alpha value is -7.76. The lowest BCUT2D eigenvalue weighted by Gasteiger charge is -2.42. The van der Waals surface area contributed by atoms with E-state index in [1.165, 1.54) is 39.0 Å². The lowest BCUT2D eigenvalue weighted by molar-refractivity contribution is 0.357. The molecule has 5 aliphatic rings. The number of nitrogens with one attached hydrogen (secondary N) is 1. The van der Waals surface area contributed by atoms with Gasteiger partial charge in [0.25, 0.3) is 0 Å². The first kappa shape index (κ1) is 35.9. The number of furan rings is 1. The fraction of sp³-hybridized carbons (Fsp3) is 0.103. The maximum absolute atomic E-state index is 6.99. The van der Waals surface area contributed by atoms with Crippen LogP contribution >= 0.6 is 0 Å². The van der Waals surface area contributed by atoms with E-state index in [2.05, 4.69) is 193 Å². The molecule has 0 bridgehead atoms. The fourth-order valence-corrected chi connectivity index (χ4v) is 10.9. The minimum absolute atomic E-state index is 0.0645. The molecule has 5 nitrogen and oxygen atoms in total. The molecule has 3 atom stereocenters. The molecule has 0 saturated carbocycles. The number of fused-ring (bicyclic) bond motifs is 11. The minimum Gasteiger partial charge on any atom is -0.461 e. The van der Waals surface area contributed by atoms with E-state index in [1.54, 1.807) is 0 Å². The average molecular weight is 812 g/mol. The van der Waals surface area contributed by atoms with Gasteiger partial charge in [-0.3, -0.25) is 0 Å². The Balaban J connectivity index is 0.868. The van der Waals surface area contributed by atoms with Gasteiger partial charge < -0.3 is 14.5 Å². The Morgan fingerprint density at radius 2 is 1.25 bits per heavy atom. The molecule has 3 unspecified atom stereocenters. The molecule has 63 heavy (non-hydrogen) atoms. The van der Waals surface area contributed by atoms with Crippen LogP contribution in [0.25, 0.3) is 44.2 Å². The molecule has 1 spiro atoms. The van der Waals surface area contributed by atoms with Crippen LogP contribution in [0.2, 0.25) is 0 Å². The van der Waals surface area contributed by atoms with Crippen molar-refractivity contribution < 1.29 is 9.15 Å². The molecule has 2 aliphatic heterocycles. The summed E-state index contributed by atoms with van der Waals surface area (Å²) < 4.78 is 13.4. The zero-order valence-electron chi connectivity index (χ0n) is 34.4. The van der Waals surface area contributed by atoms with Crippen molar-refractivity contribution in [1.29, 1.82) is 0 Å². The van der Waals surface area contributed by atoms with Crippen molar-refractivity contribution in [1.82, 2.24) is 5.32 Å². The van der Waals surface area contributed by atoms with Gasteiger partial charge in [-0.15, -0.1) is 0 Å². The lowest BCUT2D eigenvalue weighted by atomic mass is 9.64. The minimum atomic E-state index is -0.468. The van der Waals surface area contributed by atoms with Crippen LogP contribution in [0, 0.1) is 5.92 Å². The number of para-hydroxylation sites is 3. The van der Waals surface area contributed by atoms with Gasteiger partial charge in [-0.25, -0.2) is 9.98 Å². The molecule has 0 radical (unpaired) electrons. The van der Waals surface area contributed by atoms with E-state index < -0.39 is 5.41 Å². The smallest absolute Gasteiger partial charge is 0.148 e. The quantitative estimate of drug-likeness (QED) is 0.188. The molecular weight excluding hydrogens is 771 g/mol. The van der Waals surface area contributed by atoms with Gasteiger partial charge in [0.2, 0.25) is 0 Å². The molecule has 0 fully saturated rings. The summed E-state index contributed by atoms with van der Waals surface area (Å²) in [5.74, 6) is 3.73. The maximum atomic E-state index is 6.99. The molecule has 1 aromatic heterocycles. The summed E-state index contributed by atoms with van der Waals surface area (Å²) in [5.41, 5.74) is 14.4. The van der Waals surface area contributed by atoms with Crippen LogP contribution in [-0.2, 0) is 5.41 Å². The molecule has 7 aromatic carbocycles. The molecule has 3 heterocycles. The topological polar surface area (TPSA) is 59.1 Å². The van der Waals surface area contributed by atoms with Crippen molar-refractivity contribution in [2.45, 2.75) is 30.3 Å². The van der Waals surface area contributed by atoms with E-state index in [-0.39, 0.29) is 18.0 Å². The van der Waals surface area contributed by atoms with Gasteiger partial charge in [0.1, 0.15) is 40.5 Å². The summed E-state index contributed by atoms with van der Waals surface area (Å²) in [5, 5.41) is 6.06. The monoisotopic (exact) mass is 811 g/mol. The fourth-order valence-electron chi connectivity index (χ4n) is 10.9. The number of aliphatic imine (C=N–C) groups is 2. The Kier molecular flexibility index (Phi) is 8.07. The molecule has 0 saturated heterocycles. The summed E-state index contributed by atoms with van der Waals surface area (Å²) in [6.45, 7) is 0. The number of ether oxygens (including phenoxy) is 1. The summed E-state index contributed by atoms with van der Waals surface area (Å²) >= 11 is 0. The Morgan fingerprint density at radius 1 is 0.571 bits per heavy atom. The molecular formula is C58H41N3O2. The van der Waals surface area contributed by atoms with E-state index in [1.807, 2.05) is 12.1 Å². The van der Waals surface area contributed by atoms with Crippen molar-refractivity contribution in [2.75, 3.05) is 0 Å². The van der Waals surface area contributed by atoms with E-state index in [0.29, 0.717) is 0 Å². The van der Waals surface area contributed by atoms with Crippen LogP contribution in [0.3, 0.4) is 0 Å². The van der Waals surface area contributed by atoms with Crippen molar-refractivity contribution >= 4 is 33.6 Å². The standard InChI is InChI=1S/C58H41N3O2/c1-2-15-37(16-3-1)55-59-56(38-31-29-36(30-32-38)41-22-14-23-45-44-20-8-12-27-51(44)63-54(41)45)61-57(60-55)46-21-5-4-17-40(46)39-33-34-50-53(35-39)62-52-28-13-11-26-49(52)58(50)47-24-9-6-18-42(47)43-19-7-10-25-48(43)58/h1-15,17-34,37,39,57H,16,35H2,(H,59,60,61). The van der Waals surface area contributed by atoms with Crippen LogP contribution in [0.15, 0.2) is 226 Å². The van der Waals surface area contributed by atoms with Gasteiger partial charge in [0.05, 0.1) is 5.41 Å². The van der Waals surface area contributed by atoms with E-state index in [0.717, 1.165) is 80.2 Å². The zero-order valence-corrected chi connectivity index (χ0v) is 34.4.